The van der Waals surface area contributed by atoms with Crippen LogP contribution in [0.5, 0.6) is 0 Å². The van der Waals surface area contributed by atoms with Crippen molar-refractivity contribution in [2.24, 2.45) is 0 Å². The van der Waals surface area contributed by atoms with Crippen molar-refractivity contribution in [3.05, 3.63) is 40.7 Å². The molecule has 0 atom stereocenters. The number of halogens is 1. The predicted octanol–water partition coefficient (Wildman–Crippen LogP) is 3.87. The maximum Gasteiger partial charge on any atom is 0.123 e. The monoisotopic (exact) mass is 178 g/mol. The molecule has 0 saturated heterocycles. The number of benzene rings is 1. The summed E-state index contributed by atoms with van der Waals surface area (Å²) in [7, 11) is 0. The first kappa shape index (κ1) is 9.97. The minimum absolute atomic E-state index is 0.149. The van der Waals surface area contributed by atoms with E-state index in [1.165, 1.54) is 0 Å². The molecule has 0 N–H and O–H groups in total. The van der Waals surface area contributed by atoms with Crippen LogP contribution in [-0.4, -0.2) is 0 Å². The smallest absolute Gasteiger partial charge is 0.123 e. The number of allylic oxidation sites excluding steroid dienone is 1. The van der Waals surface area contributed by atoms with Gasteiger partial charge < -0.3 is 0 Å². The molecule has 0 unspecified atom stereocenters. The molecule has 1 aromatic carbocycles. The average Bonchev–Trinajstić information content (AvgIpc) is 2.02. The van der Waals surface area contributed by atoms with Crippen LogP contribution in [0, 0.1) is 19.7 Å². The van der Waals surface area contributed by atoms with Gasteiger partial charge in [0, 0.05) is 0 Å². The Balaban J connectivity index is 3.13. The van der Waals surface area contributed by atoms with Crippen molar-refractivity contribution in [1.82, 2.24) is 0 Å². The van der Waals surface area contributed by atoms with E-state index < -0.39 is 0 Å². The zero-order valence-electron chi connectivity index (χ0n) is 8.39. The van der Waals surface area contributed by atoms with Crippen molar-refractivity contribution >= 4 is 6.08 Å². The van der Waals surface area contributed by atoms with Crippen LogP contribution in [-0.2, 0) is 0 Å². The van der Waals surface area contributed by atoms with E-state index in [0.717, 1.165) is 23.1 Å². The highest BCUT2D eigenvalue weighted by Crippen LogP contribution is 2.17. The first-order valence-corrected chi connectivity index (χ1v) is 4.58. The van der Waals surface area contributed by atoms with Gasteiger partial charge in [-0.3, -0.25) is 0 Å². The molecule has 0 saturated carbocycles. The Hall–Kier alpha value is -1.11. The van der Waals surface area contributed by atoms with Gasteiger partial charge in [-0.05, 0) is 49.1 Å². The lowest BCUT2D eigenvalue weighted by Gasteiger charge is -2.04. The predicted molar refractivity (Wildman–Crippen MR) is 55.2 cm³/mol. The SMILES string of the molecule is CC/C=C/c1c(C)cc(F)cc1C. The minimum Gasteiger partial charge on any atom is -0.207 e. The molecule has 0 aromatic heterocycles. The summed E-state index contributed by atoms with van der Waals surface area (Å²) < 4.78 is 12.9. The van der Waals surface area contributed by atoms with Crippen LogP contribution in [0.1, 0.15) is 30.0 Å². The first-order chi connectivity index (χ1) is 6.15. The second-order valence-corrected chi connectivity index (χ2v) is 3.26. The maximum atomic E-state index is 12.9. The summed E-state index contributed by atoms with van der Waals surface area (Å²) in [4.78, 5) is 0. The van der Waals surface area contributed by atoms with Gasteiger partial charge in [-0.25, -0.2) is 4.39 Å². The normalized spacial score (nSPS) is 11.1. The van der Waals surface area contributed by atoms with Crippen LogP contribution in [0.2, 0.25) is 0 Å². The van der Waals surface area contributed by atoms with Gasteiger partial charge in [0.2, 0.25) is 0 Å². The van der Waals surface area contributed by atoms with Crippen LogP contribution in [0.3, 0.4) is 0 Å². The van der Waals surface area contributed by atoms with Gasteiger partial charge in [0.15, 0.2) is 0 Å². The fourth-order valence-corrected chi connectivity index (χ4v) is 1.42. The molecule has 70 valence electrons. The summed E-state index contributed by atoms with van der Waals surface area (Å²) in [5, 5.41) is 0. The van der Waals surface area contributed by atoms with Gasteiger partial charge in [0.25, 0.3) is 0 Å². The Morgan fingerprint density at radius 2 is 1.77 bits per heavy atom. The molecule has 1 aromatic rings. The van der Waals surface area contributed by atoms with Crippen molar-refractivity contribution in [2.45, 2.75) is 27.2 Å². The third-order valence-electron chi connectivity index (χ3n) is 2.08. The molecule has 0 aliphatic rings. The van der Waals surface area contributed by atoms with Gasteiger partial charge >= 0.3 is 0 Å². The topological polar surface area (TPSA) is 0 Å². The Morgan fingerprint density at radius 1 is 1.23 bits per heavy atom. The van der Waals surface area contributed by atoms with Crippen LogP contribution in [0.4, 0.5) is 4.39 Å². The lowest BCUT2D eigenvalue weighted by Crippen LogP contribution is -1.88. The quantitative estimate of drug-likeness (QED) is 0.645. The van der Waals surface area contributed by atoms with E-state index >= 15 is 0 Å². The molecule has 0 fully saturated rings. The molecule has 13 heavy (non-hydrogen) atoms. The first-order valence-electron chi connectivity index (χ1n) is 4.58. The summed E-state index contributed by atoms with van der Waals surface area (Å²) >= 11 is 0. The van der Waals surface area contributed by atoms with Crippen molar-refractivity contribution in [1.29, 1.82) is 0 Å². The molecule has 0 heterocycles. The second kappa shape index (κ2) is 4.22. The van der Waals surface area contributed by atoms with E-state index in [4.69, 9.17) is 0 Å². The maximum absolute atomic E-state index is 12.9. The number of rotatable bonds is 2. The Kier molecular flexibility index (Phi) is 3.24. The summed E-state index contributed by atoms with van der Waals surface area (Å²) in [6.45, 7) is 5.96. The molecule has 0 bridgehead atoms. The Labute approximate surface area is 79.1 Å². The van der Waals surface area contributed by atoms with E-state index in [2.05, 4.69) is 19.1 Å². The molecule has 0 aliphatic carbocycles. The van der Waals surface area contributed by atoms with Crippen molar-refractivity contribution in [2.75, 3.05) is 0 Å². The standard InChI is InChI=1S/C12H15F/c1-4-5-6-12-9(2)7-11(13)8-10(12)3/h5-8H,4H2,1-3H3/b6-5+. The average molecular weight is 178 g/mol. The fraction of sp³-hybridized carbons (Fsp3) is 0.333. The summed E-state index contributed by atoms with van der Waals surface area (Å²) in [5.41, 5.74) is 3.15. The largest absolute Gasteiger partial charge is 0.207 e. The van der Waals surface area contributed by atoms with Crippen molar-refractivity contribution in [3.63, 3.8) is 0 Å². The number of hydrogen-bond donors (Lipinski definition) is 0. The molecule has 0 amide bonds. The highest BCUT2D eigenvalue weighted by Gasteiger charge is 2.00. The van der Waals surface area contributed by atoms with E-state index in [1.54, 1.807) is 12.1 Å². The second-order valence-electron chi connectivity index (χ2n) is 3.26. The van der Waals surface area contributed by atoms with E-state index in [9.17, 15) is 4.39 Å². The van der Waals surface area contributed by atoms with Crippen LogP contribution in [0.15, 0.2) is 18.2 Å². The third kappa shape index (κ3) is 2.41. The lowest BCUT2D eigenvalue weighted by atomic mass is 10.0. The minimum atomic E-state index is -0.149. The summed E-state index contributed by atoms with van der Waals surface area (Å²) in [6.07, 6.45) is 5.16. The van der Waals surface area contributed by atoms with Crippen LogP contribution >= 0.6 is 0 Å². The highest BCUT2D eigenvalue weighted by molar-refractivity contribution is 5.57. The van der Waals surface area contributed by atoms with Gasteiger partial charge in [-0.2, -0.15) is 0 Å². The van der Waals surface area contributed by atoms with Gasteiger partial charge in [0.05, 0.1) is 0 Å². The lowest BCUT2D eigenvalue weighted by molar-refractivity contribution is 0.625. The third-order valence-corrected chi connectivity index (χ3v) is 2.08. The number of hydrogen-bond acceptors (Lipinski definition) is 0. The van der Waals surface area contributed by atoms with E-state index in [0.29, 0.717) is 0 Å². The zero-order valence-corrected chi connectivity index (χ0v) is 8.39. The molecule has 1 heteroatoms. The van der Waals surface area contributed by atoms with Crippen molar-refractivity contribution < 1.29 is 4.39 Å². The molecule has 0 aliphatic heterocycles. The summed E-state index contributed by atoms with van der Waals surface area (Å²) in [5.74, 6) is -0.149. The zero-order chi connectivity index (χ0) is 9.84. The molecular formula is C12H15F. The van der Waals surface area contributed by atoms with Gasteiger partial charge in [-0.1, -0.05) is 19.1 Å². The molecule has 0 radical (unpaired) electrons. The fourth-order valence-electron chi connectivity index (χ4n) is 1.42. The Bertz CT molecular complexity index is 301. The molecular weight excluding hydrogens is 163 g/mol. The summed E-state index contributed by atoms with van der Waals surface area (Å²) in [6, 6.07) is 3.14. The number of aryl methyl sites for hydroxylation is 2. The van der Waals surface area contributed by atoms with Gasteiger partial charge in [-0.15, -0.1) is 0 Å². The highest BCUT2D eigenvalue weighted by atomic mass is 19.1. The van der Waals surface area contributed by atoms with E-state index in [-0.39, 0.29) is 5.82 Å². The molecule has 0 spiro atoms. The van der Waals surface area contributed by atoms with Gasteiger partial charge in [0.1, 0.15) is 5.82 Å². The molecule has 0 nitrogen and oxygen atoms in total. The van der Waals surface area contributed by atoms with Crippen LogP contribution < -0.4 is 0 Å². The van der Waals surface area contributed by atoms with Crippen LogP contribution in [0.25, 0.3) is 6.08 Å². The van der Waals surface area contributed by atoms with Crippen molar-refractivity contribution in [3.8, 4) is 0 Å². The van der Waals surface area contributed by atoms with E-state index in [1.807, 2.05) is 13.8 Å². The molecule has 1 rings (SSSR count). The Morgan fingerprint density at radius 3 is 2.23 bits per heavy atom.